The number of hydrogen-bond acceptors (Lipinski definition) is 7. The van der Waals surface area contributed by atoms with Crippen LogP contribution in [0.25, 0.3) is 10.9 Å². The Balaban J connectivity index is 1.42. The number of rotatable bonds is 4. The molecule has 1 saturated carbocycles. The van der Waals surface area contributed by atoms with Gasteiger partial charge in [-0.2, -0.15) is 0 Å². The summed E-state index contributed by atoms with van der Waals surface area (Å²) in [6, 6.07) is 2.02. The number of anilines is 2. The Morgan fingerprint density at radius 3 is 2.34 bits per heavy atom. The third-order valence-electron chi connectivity index (χ3n) is 5.98. The molecule has 0 bridgehead atoms. The molecule has 0 atom stereocenters. The van der Waals surface area contributed by atoms with E-state index in [2.05, 4.69) is 33.6 Å². The van der Waals surface area contributed by atoms with Crippen LogP contribution in [0.5, 0.6) is 0 Å². The maximum atomic E-state index is 5.01. The Labute approximate surface area is 171 Å². The summed E-state index contributed by atoms with van der Waals surface area (Å²) in [6.45, 7) is 9.98. The van der Waals surface area contributed by atoms with Gasteiger partial charge in [-0.25, -0.2) is 19.9 Å². The van der Waals surface area contributed by atoms with Gasteiger partial charge in [-0.05, 0) is 39.2 Å². The molecule has 4 heterocycles. The van der Waals surface area contributed by atoms with E-state index in [1.54, 1.807) is 0 Å². The summed E-state index contributed by atoms with van der Waals surface area (Å²) < 4.78 is 0. The molecule has 150 valence electrons. The molecular formula is C22H27N7. The van der Waals surface area contributed by atoms with Crippen molar-refractivity contribution in [2.45, 2.75) is 46.0 Å². The van der Waals surface area contributed by atoms with Crippen molar-refractivity contribution in [1.82, 2.24) is 24.9 Å². The molecule has 7 heteroatoms. The van der Waals surface area contributed by atoms with Crippen LogP contribution in [-0.2, 0) is 6.42 Å². The van der Waals surface area contributed by atoms with E-state index < -0.39 is 0 Å². The molecule has 0 N–H and O–H groups in total. The first-order valence-electron chi connectivity index (χ1n) is 10.6. The van der Waals surface area contributed by atoms with Crippen molar-refractivity contribution in [3.05, 3.63) is 41.4 Å². The van der Waals surface area contributed by atoms with Crippen LogP contribution in [0, 0.1) is 13.8 Å². The fourth-order valence-corrected chi connectivity index (χ4v) is 4.25. The molecule has 5 rings (SSSR count). The van der Waals surface area contributed by atoms with Crippen LogP contribution in [0.2, 0.25) is 0 Å². The van der Waals surface area contributed by atoms with Crippen LogP contribution in [-0.4, -0.2) is 51.1 Å². The molecule has 1 aliphatic heterocycles. The fraction of sp³-hybridized carbons (Fsp3) is 0.500. The second-order valence-corrected chi connectivity index (χ2v) is 8.06. The maximum absolute atomic E-state index is 5.01. The van der Waals surface area contributed by atoms with E-state index in [4.69, 9.17) is 15.0 Å². The lowest BCUT2D eigenvalue weighted by molar-refractivity contribution is 0.635. The van der Waals surface area contributed by atoms with Crippen molar-refractivity contribution >= 4 is 22.5 Å². The van der Waals surface area contributed by atoms with Gasteiger partial charge in [-0.3, -0.25) is 4.98 Å². The smallest absolute Gasteiger partial charge is 0.140 e. The Kier molecular flexibility index (Phi) is 4.53. The van der Waals surface area contributed by atoms with Crippen LogP contribution < -0.4 is 9.80 Å². The van der Waals surface area contributed by atoms with Crippen LogP contribution in [0.4, 0.5) is 11.6 Å². The Morgan fingerprint density at radius 2 is 1.66 bits per heavy atom. The van der Waals surface area contributed by atoms with Gasteiger partial charge < -0.3 is 9.80 Å². The molecule has 0 radical (unpaired) electrons. The van der Waals surface area contributed by atoms with E-state index in [0.29, 0.717) is 5.92 Å². The lowest BCUT2D eigenvalue weighted by Crippen LogP contribution is -2.47. The molecule has 1 saturated heterocycles. The van der Waals surface area contributed by atoms with Gasteiger partial charge in [0.15, 0.2) is 0 Å². The second kappa shape index (κ2) is 7.21. The van der Waals surface area contributed by atoms with Gasteiger partial charge in [0.2, 0.25) is 0 Å². The summed E-state index contributed by atoms with van der Waals surface area (Å²) in [5.41, 5.74) is 3.34. The number of pyridine rings is 1. The zero-order valence-corrected chi connectivity index (χ0v) is 17.4. The number of hydrogen-bond donors (Lipinski definition) is 0. The molecule has 7 nitrogen and oxygen atoms in total. The van der Waals surface area contributed by atoms with Crippen molar-refractivity contribution < 1.29 is 0 Å². The largest absolute Gasteiger partial charge is 0.353 e. The highest BCUT2D eigenvalue weighted by Gasteiger charge is 2.30. The van der Waals surface area contributed by atoms with E-state index in [1.165, 1.54) is 18.4 Å². The van der Waals surface area contributed by atoms with Crippen molar-refractivity contribution in [1.29, 1.82) is 0 Å². The quantitative estimate of drug-likeness (QED) is 0.678. The number of aromatic nitrogens is 5. The number of fused-ring (bicyclic) bond motifs is 1. The van der Waals surface area contributed by atoms with E-state index in [0.717, 1.165) is 72.5 Å². The van der Waals surface area contributed by atoms with Crippen LogP contribution in [0.1, 0.15) is 48.6 Å². The molecule has 29 heavy (non-hydrogen) atoms. The van der Waals surface area contributed by atoms with Crippen LogP contribution in [0.3, 0.4) is 0 Å². The summed E-state index contributed by atoms with van der Waals surface area (Å²) in [6.07, 6.45) is 7.06. The molecule has 2 fully saturated rings. The molecule has 3 aromatic heterocycles. The van der Waals surface area contributed by atoms with Crippen LogP contribution in [0.15, 0.2) is 18.5 Å². The number of nitrogens with zero attached hydrogens (tertiary/aromatic N) is 7. The Bertz CT molecular complexity index is 1050. The second-order valence-electron chi connectivity index (χ2n) is 8.06. The molecule has 2 aliphatic rings. The van der Waals surface area contributed by atoms with E-state index in [-0.39, 0.29) is 0 Å². The fourth-order valence-electron chi connectivity index (χ4n) is 4.25. The maximum Gasteiger partial charge on any atom is 0.140 e. The highest BCUT2D eigenvalue weighted by atomic mass is 15.3. The molecule has 3 aromatic rings. The SMILES string of the molecule is CCc1c(C)nc(C2CC2)nc1N1CCN(c2nc(C)nc3cnccc23)CC1. The summed E-state index contributed by atoms with van der Waals surface area (Å²) in [5.74, 6) is 4.57. The number of piperazine rings is 1. The lowest BCUT2D eigenvalue weighted by Gasteiger charge is -2.37. The van der Waals surface area contributed by atoms with Gasteiger partial charge in [0.25, 0.3) is 0 Å². The number of aryl methyl sites for hydroxylation is 2. The van der Waals surface area contributed by atoms with Gasteiger partial charge >= 0.3 is 0 Å². The summed E-state index contributed by atoms with van der Waals surface area (Å²) in [5, 5.41) is 1.07. The average Bonchev–Trinajstić information content (AvgIpc) is 3.58. The molecule has 0 unspecified atom stereocenters. The van der Waals surface area contributed by atoms with E-state index >= 15 is 0 Å². The van der Waals surface area contributed by atoms with Gasteiger partial charge in [-0.1, -0.05) is 6.92 Å². The highest BCUT2D eigenvalue weighted by Crippen LogP contribution is 2.39. The van der Waals surface area contributed by atoms with Gasteiger partial charge in [-0.15, -0.1) is 0 Å². The monoisotopic (exact) mass is 389 g/mol. The molecule has 0 aromatic carbocycles. The zero-order chi connectivity index (χ0) is 20.0. The molecule has 0 amide bonds. The summed E-state index contributed by atoms with van der Waals surface area (Å²) >= 11 is 0. The first-order chi connectivity index (χ1) is 14.1. The van der Waals surface area contributed by atoms with Gasteiger partial charge in [0, 0.05) is 54.9 Å². The Hall–Kier alpha value is -2.83. The van der Waals surface area contributed by atoms with E-state index in [9.17, 15) is 0 Å². The van der Waals surface area contributed by atoms with E-state index in [1.807, 2.05) is 25.4 Å². The Morgan fingerprint density at radius 1 is 0.931 bits per heavy atom. The first kappa shape index (κ1) is 18.2. The zero-order valence-electron chi connectivity index (χ0n) is 17.4. The normalized spacial score (nSPS) is 17.2. The standard InChI is InChI=1S/C22H27N7/c1-4-17-14(2)24-20(16-5-6-16)27-21(17)28-9-11-29(12-10-28)22-18-7-8-23-13-19(18)25-15(3)26-22/h7-8,13,16H,4-6,9-12H2,1-3H3. The predicted octanol–water partition coefficient (Wildman–Crippen LogP) is 3.20. The summed E-state index contributed by atoms with van der Waals surface area (Å²) in [7, 11) is 0. The predicted molar refractivity (Wildman–Crippen MR) is 115 cm³/mol. The molecular weight excluding hydrogens is 362 g/mol. The van der Waals surface area contributed by atoms with Gasteiger partial charge in [0.1, 0.15) is 23.3 Å². The lowest BCUT2D eigenvalue weighted by atomic mass is 10.1. The van der Waals surface area contributed by atoms with Crippen molar-refractivity contribution in [2.24, 2.45) is 0 Å². The molecule has 1 aliphatic carbocycles. The first-order valence-corrected chi connectivity index (χ1v) is 10.6. The molecule has 0 spiro atoms. The average molecular weight is 390 g/mol. The minimum absolute atomic E-state index is 0.573. The van der Waals surface area contributed by atoms with Crippen LogP contribution >= 0.6 is 0 Å². The third-order valence-corrected chi connectivity index (χ3v) is 5.98. The van der Waals surface area contributed by atoms with Crippen molar-refractivity contribution in [2.75, 3.05) is 36.0 Å². The van der Waals surface area contributed by atoms with Crippen molar-refractivity contribution in [3.63, 3.8) is 0 Å². The summed E-state index contributed by atoms with van der Waals surface area (Å²) in [4.78, 5) is 28.1. The minimum Gasteiger partial charge on any atom is -0.353 e. The topological polar surface area (TPSA) is 70.9 Å². The van der Waals surface area contributed by atoms with Crippen molar-refractivity contribution in [3.8, 4) is 0 Å². The minimum atomic E-state index is 0.573. The van der Waals surface area contributed by atoms with Gasteiger partial charge in [0.05, 0.1) is 11.7 Å². The highest BCUT2D eigenvalue weighted by molar-refractivity contribution is 5.88. The third kappa shape index (κ3) is 3.39.